The van der Waals surface area contributed by atoms with Crippen LogP contribution < -0.4 is 11.1 Å². The molecule has 1 unspecified atom stereocenters. The Morgan fingerprint density at radius 2 is 1.52 bits per heavy atom. The number of Topliss-reactive ketones (excluding diaryl/α,β-unsaturated/α-hetero) is 1. The van der Waals surface area contributed by atoms with Gasteiger partial charge in [0.15, 0.2) is 5.78 Å². The van der Waals surface area contributed by atoms with Crippen molar-refractivity contribution in [3.05, 3.63) is 71.8 Å². The van der Waals surface area contributed by atoms with Gasteiger partial charge in [0.2, 0.25) is 0 Å². The van der Waals surface area contributed by atoms with Crippen molar-refractivity contribution in [2.45, 2.75) is 40.0 Å². The Morgan fingerprint density at radius 3 is 1.89 bits per heavy atom. The molecule has 0 spiro atoms. The van der Waals surface area contributed by atoms with Gasteiger partial charge in [0.05, 0.1) is 6.54 Å². The molecule has 0 bridgehead atoms. The second-order valence-electron chi connectivity index (χ2n) is 5.65. The van der Waals surface area contributed by atoms with Crippen molar-refractivity contribution in [2.24, 2.45) is 5.73 Å². The van der Waals surface area contributed by atoms with Crippen LogP contribution in [0.2, 0.25) is 0 Å². The summed E-state index contributed by atoms with van der Waals surface area (Å²) in [7, 11) is 1.76. The smallest absolute Gasteiger partial charge is 0.176 e. The van der Waals surface area contributed by atoms with E-state index in [4.69, 9.17) is 5.73 Å². The summed E-state index contributed by atoms with van der Waals surface area (Å²) in [5.41, 5.74) is 7.74. The van der Waals surface area contributed by atoms with Crippen molar-refractivity contribution >= 4 is 12.1 Å². The summed E-state index contributed by atoms with van der Waals surface area (Å²) in [6.45, 7) is 5.14. The summed E-state index contributed by atoms with van der Waals surface area (Å²) >= 11 is 0. The molecular weight excluding hydrogens is 336 g/mol. The fraction of sp³-hybridized carbons (Fsp3) is 0.391. The molecule has 150 valence electrons. The largest absolute Gasteiger partial charge is 0.330 e. The van der Waals surface area contributed by atoms with Gasteiger partial charge >= 0.3 is 0 Å². The molecule has 2 rings (SSSR count). The normalized spacial score (nSPS) is 10.1. The molecule has 0 amide bonds. The monoisotopic (exact) mass is 372 g/mol. The average molecular weight is 373 g/mol. The average Bonchev–Trinajstić information content (AvgIpc) is 2.71. The van der Waals surface area contributed by atoms with Crippen LogP contribution in [0.4, 0.5) is 0 Å². The number of aldehydes is 1. The van der Waals surface area contributed by atoms with Crippen molar-refractivity contribution in [3.63, 3.8) is 0 Å². The van der Waals surface area contributed by atoms with Crippen LogP contribution in [0.25, 0.3) is 0 Å². The number of hydrogen-bond donors (Lipinski definition) is 2. The van der Waals surface area contributed by atoms with Gasteiger partial charge in [-0.2, -0.15) is 0 Å². The first kappa shape index (κ1) is 26.9. The zero-order valence-electron chi connectivity index (χ0n) is 16.2. The predicted molar refractivity (Wildman–Crippen MR) is 116 cm³/mol. The predicted octanol–water partition coefficient (Wildman–Crippen LogP) is 4.46. The van der Waals surface area contributed by atoms with Crippen LogP contribution in [0, 0.1) is 0 Å². The lowest BCUT2D eigenvalue weighted by Crippen LogP contribution is -2.18. The van der Waals surface area contributed by atoms with E-state index in [0.29, 0.717) is 18.9 Å². The van der Waals surface area contributed by atoms with Crippen LogP contribution in [-0.4, -0.2) is 32.2 Å². The second-order valence-corrected chi connectivity index (χ2v) is 5.65. The van der Waals surface area contributed by atoms with Gasteiger partial charge in [0, 0.05) is 12.0 Å². The Balaban J connectivity index is 0. The maximum Gasteiger partial charge on any atom is 0.176 e. The highest BCUT2D eigenvalue weighted by Gasteiger charge is 2.04. The molecule has 4 nitrogen and oxygen atoms in total. The maximum absolute atomic E-state index is 11.2. The van der Waals surface area contributed by atoms with Gasteiger partial charge in [-0.15, -0.1) is 0 Å². The van der Waals surface area contributed by atoms with Crippen LogP contribution in [0.15, 0.2) is 60.7 Å². The van der Waals surface area contributed by atoms with E-state index in [9.17, 15) is 9.59 Å². The quantitative estimate of drug-likeness (QED) is 0.556. The summed E-state index contributed by atoms with van der Waals surface area (Å²) < 4.78 is 0. The van der Waals surface area contributed by atoms with Crippen molar-refractivity contribution in [3.8, 4) is 0 Å². The lowest BCUT2D eigenvalue weighted by molar-refractivity contribution is -0.107. The molecule has 0 aliphatic rings. The minimum absolute atomic E-state index is 0. The summed E-state index contributed by atoms with van der Waals surface area (Å²) in [5, 5.41) is 2.82. The number of carbonyl (C=O) groups is 2. The van der Waals surface area contributed by atoms with E-state index in [1.165, 1.54) is 5.56 Å². The third-order valence-electron chi connectivity index (χ3n) is 3.65. The highest BCUT2D eigenvalue weighted by atomic mass is 16.1. The summed E-state index contributed by atoms with van der Waals surface area (Å²) in [6, 6.07) is 19.7. The Hall–Kier alpha value is -2.30. The first-order chi connectivity index (χ1) is 12.6. The molecule has 0 aliphatic heterocycles. The summed E-state index contributed by atoms with van der Waals surface area (Å²) in [4.78, 5) is 20.4. The number of carbonyl (C=O) groups excluding carboxylic acids is 2. The maximum atomic E-state index is 11.2. The fourth-order valence-corrected chi connectivity index (χ4v) is 2.15. The molecule has 1 atom stereocenters. The fourth-order valence-electron chi connectivity index (χ4n) is 2.15. The zero-order chi connectivity index (χ0) is 19.6. The second kappa shape index (κ2) is 18.5. The van der Waals surface area contributed by atoms with Gasteiger partial charge in [0.1, 0.15) is 6.29 Å². The highest BCUT2D eigenvalue weighted by molar-refractivity contribution is 5.97. The van der Waals surface area contributed by atoms with E-state index >= 15 is 0 Å². The topological polar surface area (TPSA) is 72.2 Å². The van der Waals surface area contributed by atoms with Crippen molar-refractivity contribution in [1.29, 1.82) is 0 Å². The van der Waals surface area contributed by atoms with Crippen LogP contribution in [0.3, 0.4) is 0 Å². The van der Waals surface area contributed by atoms with Gasteiger partial charge in [-0.1, -0.05) is 81.9 Å². The van der Waals surface area contributed by atoms with Gasteiger partial charge in [0.25, 0.3) is 0 Å². The zero-order valence-corrected chi connectivity index (χ0v) is 16.2. The van der Waals surface area contributed by atoms with Crippen molar-refractivity contribution in [1.82, 2.24) is 5.32 Å². The highest BCUT2D eigenvalue weighted by Crippen LogP contribution is 2.16. The van der Waals surface area contributed by atoms with Gasteiger partial charge in [-0.25, -0.2) is 0 Å². The van der Waals surface area contributed by atoms with E-state index in [-0.39, 0.29) is 13.2 Å². The minimum atomic E-state index is 0. The van der Waals surface area contributed by atoms with Crippen LogP contribution in [0.5, 0.6) is 0 Å². The first-order valence-corrected chi connectivity index (χ1v) is 9.05. The Morgan fingerprint density at radius 1 is 1.04 bits per heavy atom. The molecule has 0 heterocycles. The molecule has 27 heavy (non-hydrogen) atoms. The van der Waals surface area contributed by atoms with E-state index < -0.39 is 0 Å². The molecule has 4 heteroatoms. The van der Waals surface area contributed by atoms with Gasteiger partial charge < -0.3 is 15.8 Å². The molecule has 2 aromatic rings. The molecule has 0 radical (unpaired) electrons. The first-order valence-electron chi connectivity index (χ1n) is 9.05. The molecule has 0 fully saturated rings. The lowest BCUT2D eigenvalue weighted by atomic mass is 9.97. The Bertz CT molecular complexity index is 582. The van der Waals surface area contributed by atoms with E-state index in [1.807, 2.05) is 43.3 Å². The molecule has 0 aliphatic carbocycles. The number of nitrogens with two attached hydrogens (primary N) is 1. The lowest BCUT2D eigenvalue weighted by Gasteiger charge is -2.11. The SMILES string of the molecule is C.CCC(CN)c1ccccc1.CCC=O.CNCC(=O)c1ccccc1. The van der Waals surface area contributed by atoms with Gasteiger partial charge in [-0.05, 0) is 31.5 Å². The Kier molecular flexibility index (Phi) is 18.4. The number of likely N-dealkylation sites (N-methyl/N-ethyl adjacent to an activating group) is 1. The van der Waals surface area contributed by atoms with E-state index in [1.54, 1.807) is 7.05 Å². The number of hydrogen-bond acceptors (Lipinski definition) is 4. The summed E-state index contributed by atoms with van der Waals surface area (Å²) in [5.74, 6) is 0.671. The molecule has 0 aromatic heterocycles. The Labute approximate surface area is 165 Å². The van der Waals surface area contributed by atoms with Crippen molar-refractivity contribution < 1.29 is 9.59 Å². The van der Waals surface area contributed by atoms with Crippen LogP contribution in [0.1, 0.15) is 56.0 Å². The van der Waals surface area contributed by atoms with Crippen LogP contribution >= 0.6 is 0 Å². The third-order valence-corrected chi connectivity index (χ3v) is 3.65. The van der Waals surface area contributed by atoms with Gasteiger partial charge in [-0.3, -0.25) is 4.79 Å². The van der Waals surface area contributed by atoms with Crippen LogP contribution in [-0.2, 0) is 4.79 Å². The van der Waals surface area contributed by atoms with E-state index in [0.717, 1.165) is 24.8 Å². The standard InChI is InChI=1S/C10H15N.C9H11NO.C3H6O.CH4/c1-2-9(8-11)10-6-4-3-5-7-10;1-10-7-9(11)8-5-3-2-4-6-8;1-2-3-4;/h3-7,9H,2,8,11H2,1H3;2-6,10H,7H2,1H3;3H,2H2,1H3;1H4. The van der Waals surface area contributed by atoms with Crippen molar-refractivity contribution in [2.75, 3.05) is 20.1 Å². The third kappa shape index (κ3) is 12.7. The molecule has 2 aromatic carbocycles. The number of benzene rings is 2. The van der Waals surface area contributed by atoms with E-state index in [2.05, 4.69) is 36.5 Å². The molecular formula is C23H36N2O2. The number of nitrogens with one attached hydrogen (secondary N) is 1. The number of ketones is 1. The number of rotatable bonds is 7. The minimum Gasteiger partial charge on any atom is -0.330 e. The molecule has 0 saturated carbocycles. The summed E-state index contributed by atoms with van der Waals surface area (Å²) in [6.07, 6.45) is 2.64. The molecule has 0 saturated heterocycles. The molecule has 3 N–H and O–H groups in total.